The van der Waals surface area contributed by atoms with E-state index in [4.69, 9.17) is 12.2 Å². The molecule has 0 spiro atoms. The lowest BCUT2D eigenvalue weighted by molar-refractivity contribution is -0.129. The topological polar surface area (TPSA) is 58.1 Å². The van der Waals surface area contributed by atoms with Crippen molar-refractivity contribution in [1.29, 1.82) is 0 Å². The van der Waals surface area contributed by atoms with E-state index in [1.54, 1.807) is 30.1 Å². The first-order valence-electron chi connectivity index (χ1n) is 6.08. The Morgan fingerprint density at radius 1 is 1.32 bits per heavy atom. The fourth-order valence-electron chi connectivity index (χ4n) is 2.50. The summed E-state index contributed by atoms with van der Waals surface area (Å²) in [5.74, 6) is -0.0584. The van der Waals surface area contributed by atoms with Crippen molar-refractivity contribution in [1.82, 2.24) is 14.5 Å². The number of likely N-dealkylation sites (tertiary alicyclic amines) is 1. The van der Waals surface area contributed by atoms with Gasteiger partial charge in [0, 0.05) is 13.6 Å². The molecule has 1 aromatic carbocycles. The Bertz CT molecular complexity index is 777. The molecule has 98 valence electrons. The molecular formula is C13H13N3O2S. The minimum absolute atomic E-state index is 0.0584. The fraction of sp³-hybridized carbons (Fsp3) is 0.308. The number of amides is 1. The van der Waals surface area contributed by atoms with Gasteiger partial charge in [-0.05, 0) is 30.8 Å². The zero-order valence-electron chi connectivity index (χ0n) is 10.4. The normalized spacial score (nSPS) is 19.3. The first-order chi connectivity index (χ1) is 9.09. The van der Waals surface area contributed by atoms with Crippen molar-refractivity contribution in [2.24, 2.45) is 0 Å². The van der Waals surface area contributed by atoms with Crippen LogP contribution in [0.2, 0.25) is 0 Å². The van der Waals surface area contributed by atoms with E-state index in [1.165, 1.54) is 4.57 Å². The van der Waals surface area contributed by atoms with Gasteiger partial charge in [-0.15, -0.1) is 0 Å². The molecule has 5 nitrogen and oxygen atoms in total. The minimum Gasteiger partial charge on any atom is -0.344 e. The van der Waals surface area contributed by atoms with Crippen LogP contribution in [0.1, 0.15) is 12.5 Å². The first kappa shape index (κ1) is 12.1. The van der Waals surface area contributed by atoms with E-state index in [-0.39, 0.29) is 11.5 Å². The number of benzene rings is 1. The van der Waals surface area contributed by atoms with E-state index in [1.807, 2.05) is 6.07 Å². The van der Waals surface area contributed by atoms with Crippen molar-refractivity contribution in [2.45, 2.75) is 12.5 Å². The standard InChI is InChI=1S/C13H13N3O2S/c1-15-7-6-10(12(15)18)16-11(17)8-4-2-3-5-9(8)14-13(16)19/h2-5,10H,6-7H2,1H3,(H,14,19). The molecule has 1 amide bonds. The maximum Gasteiger partial charge on any atom is 0.262 e. The average molecular weight is 275 g/mol. The van der Waals surface area contributed by atoms with Crippen LogP contribution in [0.4, 0.5) is 0 Å². The monoisotopic (exact) mass is 275 g/mol. The molecule has 1 saturated heterocycles. The number of para-hydroxylation sites is 1. The van der Waals surface area contributed by atoms with Crippen LogP contribution in [0.5, 0.6) is 0 Å². The number of hydrogen-bond acceptors (Lipinski definition) is 3. The second-order valence-electron chi connectivity index (χ2n) is 4.72. The summed E-state index contributed by atoms with van der Waals surface area (Å²) >= 11 is 5.23. The molecule has 6 heteroatoms. The molecule has 0 radical (unpaired) electrons. The second-order valence-corrected chi connectivity index (χ2v) is 5.10. The lowest BCUT2D eigenvalue weighted by Gasteiger charge is -2.14. The molecule has 1 fully saturated rings. The molecule has 1 aliphatic heterocycles. The number of aromatic amines is 1. The molecule has 2 aromatic rings. The van der Waals surface area contributed by atoms with E-state index < -0.39 is 6.04 Å². The first-order valence-corrected chi connectivity index (χ1v) is 6.49. The number of carbonyl (C=O) groups is 1. The van der Waals surface area contributed by atoms with Crippen LogP contribution < -0.4 is 5.56 Å². The van der Waals surface area contributed by atoms with Gasteiger partial charge in [0.1, 0.15) is 6.04 Å². The Kier molecular flexibility index (Phi) is 2.74. The van der Waals surface area contributed by atoms with Gasteiger partial charge >= 0.3 is 0 Å². The van der Waals surface area contributed by atoms with Gasteiger partial charge in [-0.25, -0.2) is 0 Å². The average Bonchev–Trinajstić information content (AvgIpc) is 2.71. The van der Waals surface area contributed by atoms with E-state index in [0.29, 0.717) is 28.6 Å². The van der Waals surface area contributed by atoms with Crippen molar-refractivity contribution >= 4 is 29.0 Å². The van der Waals surface area contributed by atoms with Crippen LogP contribution in [0.25, 0.3) is 10.9 Å². The third-order valence-corrected chi connectivity index (χ3v) is 3.85. The smallest absolute Gasteiger partial charge is 0.262 e. The highest BCUT2D eigenvalue weighted by atomic mass is 32.1. The van der Waals surface area contributed by atoms with Crippen LogP contribution in [0.3, 0.4) is 0 Å². The van der Waals surface area contributed by atoms with Crippen molar-refractivity contribution in [3.63, 3.8) is 0 Å². The van der Waals surface area contributed by atoms with E-state index >= 15 is 0 Å². The summed E-state index contributed by atoms with van der Waals surface area (Å²) in [6.07, 6.45) is 0.616. The quantitative estimate of drug-likeness (QED) is 0.802. The molecule has 1 atom stereocenters. The molecule has 0 bridgehead atoms. The minimum atomic E-state index is -0.481. The predicted octanol–water partition coefficient (Wildman–Crippen LogP) is 1.46. The van der Waals surface area contributed by atoms with Gasteiger partial charge in [0.25, 0.3) is 5.56 Å². The number of likely N-dealkylation sites (N-methyl/N-ethyl adjacent to an activating group) is 1. The fourth-order valence-corrected chi connectivity index (χ4v) is 2.82. The van der Waals surface area contributed by atoms with E-state index in [0.717, 1.165) is 0 Å². The Hall–Kier alpha value is -1.95. The molecule has 1 aliphatic rings. The van der Waals surface area contributed by atoms with Gasteiger partial charge < -0.3 is 9.88 Å². The second kappa shape index (κ2) is 4.31. The number of aromatic nitrogens is 2. The third kappa shape index (κ3) is 1.79. The van der Waals surface area contributed by atoms with Gasteiger partial charge in [0.15, 0.2) is 4.77 Å². The molecule has 1 aromatic heterocycles. The number of rotatable bonds is 1. The van der Waals surface area contributed by atoms with Crippen LogP contribution in [0, 0.1) is 4.77 Å². The lowest BCUT2D eigenvalue weighted by Crippen LogP contribution is -2.32. The van der Waals surface area contributed by atoms with Crippen LogP contribution in [0.15, 0.2) is 29.1 Å². The van der Waals surface area contributed by atoms with E-state index in [2.05, 4.69) is 4.98 Å². The van der Waals surface area contributed by atoms with Crippen molar-refractivity contribution in [3.05, 3.63) is 39.4 Å². The highest BCUT2D eigenvalue weighted by Crippen LogP contribution is 2.21. The number of hydrogen-bond donors (Lipinski definition) is 1. The zero-order valence-corrected chi connectivity index (χ0v) is 11.2. The Balaban J connectivity index is 2.28. The summed E-state index contributed by atoms with van der Waals surface area (Å²) < 4.78 is 1.71. The largest absolute Gasteiger partial charge is 0.344 e. The predicted molar refractivity (Wildman–Crippen MR) is 74.7 cm³/mol. The van der Waals surface area contributed by atoms with Gasteiger partial charge in [0.2, 0.25) is 5.91 Å². The van der Waals surface area contributed by atoms with Gasteiger partial charge in [0.05, 0.1) is 10.9 Å². The van der Waals surface area contributed by atoms with Gasteiger partial charge in [-0.1, -0.05) is 12.1 Å². The van der Waals surface area contributed by atoms with E-state index in [9.17, 15) is 9.59 Å². The number of fused-ring (bicyclic) bond motifs is 1. The summed E-state index contributed by atoms with van der Waals surface area (Å²) in [4.78, 5) is 29.2. The number of nitrogens with zero attached hydrogens (tertiary/aromatic N) is 2. The van der Waals surface area contributed by atoms with Crippen LogP contribution >= 0.6 is 12.2 Å². The molecule has 0 aliphatic carbocycles. The summed E-state index contributed by atoms with van der Waals surface area (Å²) in [6, 6.07) is 6.70. The molecular weight excluding hydrogens is 262 g/mol. The summed E-state index contributed by atoms with van der Waals surface area (Å²) in [5.41, 5.74) is 0.501. The summed E-state index contributed by atoms with van der Waals surface area (Å²) in [6.45, 7) is 0.650. The zero-order chi connectivity index (χ0) is 13.6. The number of nitrogens with one attached hydrogen (secondary N) is 1. The maximum atomic E-state index is 12.5. The molecule has 0 saturated carbocycles. The Labute approximate surface area is 114 Å². The summed E-state index contributed by atoms with van der Waals surface area (Å²) in [7, 11) is 1.74. The molecule has 1 unspecified atom stereocenters. The van der Waals surface area contributed by atoms with Crippen molar-refractivity contribution in [3.8, 4) is 0 Å². The Morgan fingerprint density at radius 3 is 2.74 bits per heavy atom. The van der Waals surface area contributed by atoms with Crippen LogP contribution in [-0.4, -0.2) is 34.0 Å². The summed E-state index contributed by atoms with van der Waals surface area (Å²) in [5, 5.41) is 0.554. The van der Waals surface area contributed by atoms with Crippen LogP contribution in [-0.2, 0) is 4.79 Å². The highest BCUT2D eigenvalue weighted by molar-refractivity contribution is 7.71. The van der Waals surface area contributed by atoms with Gasteiger partial charge in [-0.2, -0.15) is 0 Å². The third-order valence-electron chi connectivity index (χ3n) is 3.55. The van der Waals surface area contributed by atoms with Crippen molar-refractivity contribution < 1.29 is 4.79 Å². The maximum absolute atomic E-state index is 12.5. The lowest BCUT2D eigenvalue weighted by atomic mass is 10.2. The molecule has 1 N–H and O–H groups in total. The van der Waals surface area contributed by atoms with Gasteiger partial charge in [-0.3, -0.25) is 14.2 Å². The van der Waals surface area contributed by atoms with Crippen molar-refractivity contribution in [2.75, 3.05) is 13.6 Å². The molecule has 3 rings (SSSR count). The molecule has 19 heavy (non-hydrogen) atoms. The number of carbonyl (C=O) groups excluding carboxylic acids is 1. The highest BCUT2D eigenvalue weighted by Gasteiger charge is 2.32. The Morgan fingerprint density at radius 2 is 2.05 bits per heavy atom. The SMILES string of the molecule is CN1CCC(n2c(=S)[nH]c3ccccc3c2=O)C1=O. The molecule has 2 heterocycles. The number of H-pyrrole nitrogens is 1.